The fourth-order valence-electron chi connectivity index (χ4n) is 13.6. The summed E-state index contributed by atoms with van der Waals surface area (Å²) >= 11 is 0. The summed E-state index contributed by atoms with van der Waals surface area (Å²) in [6.07, 6.45) is -6.62. The highest BCUT2D eigenvalue weighted by Gasteiger charge is 2.50. The van der Waals surface area contributed by atoms with E-state index in [2.05, 4.69) is 63.8 Å². The molecule has 4 aliphatic heterocycles. The first-order chi connectivity index (χ1) is 55.7. The number of hydrogen-bond donors (Lipinski definition) is 17. The van der Waals surface area contributed by atoms with Crippen molar-refractivity contribution in [3.05, 3.63) is 71.8 Å². The van der Waals surface area contributed by atoms with Crippen molar-refractivity contribution in [3.63, 3.8) is 0 Å². The van der Waals surface area contributed by atoms with Crippen molar-refractivity contribution in [2.75, 3.05) is 39.3 Å². The van der Waals surface area contributed by atoms with Crippen LogP contribution >= 0.6 is 0 Å². The van der Waals surface area contributed by atoms with Crippen LogP contribution in [0.4, 0.5) is 13.2 Å². The van der Waals surface area contributed by atoms with E-state index in [1.54, 1.807) is 71.9 Å². The number of halogens is 3. The molecule has 118 heavy (non-hydrogen) atoms. The molecule has 0 radical (unpaired) electrons. The van der Waals surface area contributed by atoms with Crippen LogP contribution < -0.4 is 86.7 Å². The lowest BCUT2D eigenvalue weighted by Crippen LogP contribution is -2.66. The van der Waals surface area contributed by atoms with Gasteiger partial charge in [0.05, 0.1) is 6.61 Å². The van der Waals surface area contributed by atoms with Crippen LogP contribution in [0.2, 0.25) is 0 Å². The molecule has 15 atom stereocenters. The summed E-state index contributed by atoms with van der Waals surface area (Å²) in [6, 6.07) is 2.73. The zero-order chi connectivity index (χ0) is 88.3. The number of carboxylic acids is 1. The van der Waals surface area contributed by atoms with Gasteiger partial charge in [-0.3, -0.25) is 62.3 Å². The van der Waals surface area contributed by atoms with Crippen molar-refractivity contribution in [3.8, 4) is 0 Å². The minimum Gasteiger partial charge on any atom is -0.475 e. The molecule has 13 amide bonds. The fraction of sp³-hybridized carbons (Fsp3) is 0.679. The molecule has 21 N–H and O–H groups in total. The van der Waals surface area contributed by atoms with Gasteiger partial charge in [0.2, 0.25) is 70.9 Å². The Morgan fingerprint density at radius 2 is 0.771 bits per heavy atom. The number of ether oxygens (including phenoxy) is 2. The third-order valence-corrected chi connectivity index (χ3v) is 20.1. The third kappa shape index (κ3) is 33.4. The number of fused-ring (bicyclic) bond motifs is 35. The number of nitrogens with one attached hydrogen (secondary N) is 12. The highest BCUT2D eigenvalue weighted by molar-refractivity contribution is 6.00. The van der Waals surface area contributed by atoms with Crippen molar-refractivity contribution in [1.29, 1.82) is 0 Å². The van der Waals surface area contributed by atoms with Gasteiger partial charge in [0.15, 0.2) is 6.10 Å². The van der Waals surface area contributed by atoms with E-state index >= 15 is 4.79 Å². The zero-order valence-electron chi connectivity index (χ0n) is 70.1. The Kier molecular flexibility index (Phi) is 43.2. The van der Waals surface area contributed by atoms with Crippen LogP contribution in [0.5, 0.6) is 0 Å². The summed E-state index contributed by atoms with van der Waals surface area (Å²) in [5, 5.41) is 40.9. The average molecular weight is 1670 g/mol. The van der Waals surface area contributed by atoms with E-state index in [0.29, 0.717) is 12.0 Å². The number of aliphatic carboxylic acids is 1. The van der Waals surface area contributed by atoms with E-state index < -0.39 is 198 Å². The van der Waals surface area contributed by atoms with E-state index in [0.717, 1.165) is 5.56 Å². The first-order valence-electron chi connectivity index (χ1n) is 41.0. The molecule has 2 aromatic rings. The van der Waals surface area contributed by atoms with Gasteiger partial charge in [-0.1, -0.05) is 144 Å². The average Bonchev–Trinajstić information content (AvgIpc) is 0.886. The van der Waals surface area contributed by atoms with E-state index in [-0.39, 0.29) is 147 Å². The molecular formula is C81H130F3N17O17. The molecule has 6 rings (SSSR count). The number of amides is 13. The molecule has 4 aliphatic rings. The summed E-state index contributed by atoms with van der Waals surface area (Å²) in [4.78, 5) is 201. The van der Waals surface area contributed by atoms with Crippen molar-refractivity contribution in [1.82, 2.24) is 68.7 Å². The van der Waals surface area contributed by atoms with E-state index in [1.165, 1.54) is 4.90 Å². The molecule has 0 aromatic heterocycles. The molecule has 0 aliphatic carbocycles. The third-order valence-electron chi connectivity index (χ3n) is 20.1. The number of carbonyl (C=O) groups excluding carboxylic acids is 13. The topological polar surface area (TPSA) is 529 Å². The van der Waals surface area contributed by atoms with Crippen LogP contribution in [0.25, 0.3) is 0 Å². The van der Waals surface area contributed by atoms with Crippen LogP contribution in [-0.4, -0.2) is 229 Å². The summed E-state index contributed by atoms with van der Waals surface area (Å²) in [5.41, 5.74) is 25.3. The normalized spacial score (nSPS) is 26.1. The zero-order valence-corrected chi connectivity index (χ0v) is 70.1. The maximum absolute atomic E-state index is 15.2. The van der Waals surface area contributed by atoms with Crippen LogP contribution in [0, 0.1) is 35.5 Å². The van der Waals surface area contributed by atoms with E-state index in [9.17, 15) is 70.7 Å². The van der Waals surface area contributed by atoms with Gasteiger partial charge in [0, 0.05) is 19.5 Å². The lowest BCUT2D eigenvalue weighted by atomic mass is 9.96. The Morgan fingerprint density at radius 3 is 1.14 bits per heavy atom. The number of alkyl halides is 3. The maximum atomic E-state index is 15.2. The van der Waals surface area contributed by atoms with Crippen LogP contribution in [-0.2, 0) is 89.6 Å². The Balaban J connectivity index is 0.00000399. The first-order valence-corrected chi connectivity index (χ1v) is 41.0. The second-order valence-electron chi connectivity index (χ2n) is 32.6. The van der Waals surface area contributed by atoms with Crippen LogP contribution in [0.1, 0.15) is 178 Å². The van der Waals surface area contributed by atoms with Gasteiger partial charge in [0.25, 0.3) is 5.91 Å². The lowest BCUT2D eigenvalue weighted by Gasteiger charge is -2.44. The number of carboxylic acid groups (broad SMARTS) is 1. The molecule has 2 bridgehead atoms. The monoisotopic (exact) mass is 1670 g/mol. The molecule has 2 aromatic carbocycles. The summed E-state index contributed by atoms with van der Waals surface area (Å²) in [6.45, 7) is 21.5. The van der Waals surface area contributed by atoms with Gasteiger partial charge in [-0.25, -0.2) is 4.79 Å². The molecule has 0 spiro atoms. The molecule has 0 unspecified atom stereocenters. The van der Waals surface area contributed by atoms with Gasteiger partial charge in [-0.15, -0.1) is 0 Å². The number of nitrogens with zero attached hydrogens (tertiary/aromatic N) is 1. The van der Waals surface area contributed by atoms with Crippen LogP contribution in [0.15, 0.2) is 60.7 Å². The first kappa shape index (κ1) is 101. The summed E-state index contributed by atoms with van der Waals surface area (Å²) in [5.74, 6) is -14.6. The maximum Gasteiger partial charge on any atom is 0.490 e. The number of rotatable bonds is 26. The minimum absolute atomic E-state index is 0.00350. The second-order valence-corrected chi connectivity index (χ2v) is 32.6. The van der Waals surface area contributed by atoms with E-state index in [4.69, 9.17) is 42.3 Å². The van der Waals surface area contributed by atoms with Gasteiger partial charge in [-0.2, -0.15) is 13.2 Å². The number of hydrogen-bond acceptors (Lipinski definition) is 20. The van der Waals surface area contributed by atoms with Crippen molar-refractivity contribution in [2.45, 2.75) is 277 Å². The quantitative estimate of drug-likeness (QED) is 0.0577. The predicted molar refractivity (Wildman–Crippen MR) is 433 cm³/mol. The smallest absolute Gasteiger partial charge is 0.475 e. The van der Waals surface area contributed by atoms with Crippen molar-refractivity contribution in [2.24, 2.45) is 58.4 Å². The Bertz CT molecular complexity index is 3600. The van der Waals surface area contributed by atoms with Gasteiger partial charge in [0.1, 0.15) is 84.7 Å². The standard InChI is InChI=1S/C79H129N17O15.C2HF3O2/c1-44(2)38-56-71(101)85-54(30-21-35-82)69(99)93-62(47(7)8)75(105)84-42-61-65(110-43-51-26-17-14-18-27-51)66(111-61)78(108)91-58(40-46(5)6)72(102)86-55(31-22-36-83)70(100)94-63(48(9)10)76(106)87-52(28-19-33-80)68(98)90-57(39-45(3)4)73(103)92-59(41-50-24-15-13-16-25-50)79(109)96-37-23-32-60(96)74(104)95-64(49(11)12)77(107)88-53(29-20-34-81)67(97)89-56;3-2(4,5)1(6)7/h13-18,24-27,44-49,52-66H,19-23,28-43,80-83H2,1-12H3,(H,84,105)(H,85,101)(H,86,102)(H,87,106)(H,88,107)(H,89,97)(H,90,98)(H,91,108)(H,92,103)(H,93,99)(H,94,100)(H,95,104);(H,6,7)/t52-,53-,54-,55-,56-,57-,58-,59+,60-,61+,62-,63-,64-,65+,66+;/m0./s1. The number of nitrogens with two attached hydrogens (primary N) is 4. The van der Waals surface area contributed by atoms with E-state index in [1.807, 2.05) is 71.9 Å². The molecule has 0 saturated carbocycles. The Morgan fingerprint density at radius 1 is 0.449 bits per heavy atom. The molecule has 37 heteroatoms. The van der Waals surface area contributed by atoms with Gasteiger partial charge in [-0.05, 0) is 156 Å². The molecule has 34 nitrogen and oxygen atoms in total. The second kappa shape index (κ2) is 50.5. The highest BCUT2D eigenvalue weighted by Crippen LogP contribution is 2.28. The molecule has 4 heterocycles. The fourth-order valence-corrected chi connectivity index (χ4v) is 13.6. The molecule has 4 saturated heterocycles. The highest BCUT2D eigenvalue weighted by atomic mass is 19.4. The Hall–Kier alpha value is -9.43. The predicted octanol–water partition coefficient (Wildman–Crippen LogP) is 0.731. The summed E-state index contributed by atoms with van der Waals surface area (Å²) < 4.78 is 44.3. The van der Waals surface area contributed by atoms with Crippen LogP contribution in [0.3, 0.4) is 0 Å². The number of carbonyl (C=O) groups is 14. The minimum atomic E-state index is -5.08. The van der Waals surface area contributed by atoms with Crippen molar-refractivity contribution >= 4 is 82.8 Å². The SMILES string of the molecule is CC(C)C[C@@H]1NC(=O)[C@H](CCCN)NC(=O)[C@H](C(C)C)NC(=O)[C@@H]2CCCN2C(=O)[C@@H](Cc2ccccc2)NC(=O)[C@H](CC(C)C)NC(=O)[C@H](CCCN)NC(=O)[C@H](C(C)C)NC(=O)[C@H](CCCN)NC(=O)[C@H](CC(C)C)NC(=O)[C@@H]2O[C@H](CNC(=O)[C@H](C(C)C)NC(=O)[C@H](CCCN)NC1=O)[C@H]2OCc1ccccc1.O=C(O)C(F)(F)F. The number of benzene rings is 2. The lowest BCUT2D eigenvalue weighted by molar-refractivity contribution is -0.237. The molecular weight excluding hydrogens is 1540 g/mol. The van der Waals surface area contributed by atoms with Gasteiger partial charge < -0.3 is 106 Å². The van der Waals surface area contributed by atoms with Crippen molar-refractivity contribution < 1.29 is 94.9 Å². The Labute approximate surface area is 689 Å². The van der Waals surface area contributed by atoms with Gasteiger partial charge >= 0.3 is 12.1 Å². The largest absolute Gasteiger partial charge is 0.490 e. The molecule has 662 valence electrons. The molecule has 4 fully saturated rings. The summed E-state index contributed by atoms with van der Waals surface area (Å²) in [7, 11) is 0.